The van der Waals surface area contributed by atoms with Crippen LogP contribution >= 0.6 is 0 Å². The van der Waals surface area contributed by atoms with Crippen LogP contribution in [0.4, 0.5) is 0 Å². The van der Waals surface area contributed by atoms with E-state index < -0.39 is 22.9 Å². The van der Waals surface area contributed by atoms with Crippen LogP contribution in [0, 0.1) is 6.92 Å². The Labute approximate surface area is 147 Å². The van der Waals surface area contributed by atoms with Crippen molar-refractivity contribution in [2.24, 2.45) is 0 Å². The molecule has 0 unspecified atom stereocenters. The van der Waals surface area contributed by atoms with Gasteiger partial charge in [-0.2, -0.15) is 4.98 Å². The minimum absolute atomic E-state index is 0.158. The van der Waals surface area contributed by atoms with E-state index in [9.17, 15) is 14.7 Å². The summed E-state index contributed by atoms with van der Waals surface area (Å²) in [5.74, 6) is -0.0520. The molecular weight excluding hydrogens is 338 g/mol. The van der Waals surface area contributed by atoms with Crippen LogP contribution in [-0.4, -0.2) is 27.2 Å². The van der Waals surface area contributed by atoms with Gasteiger partial charge in [0, 0.05) is 12.7 Å². The van der Waals surface area contributed by atoms with Crippen LogP contribution in [0.25, 0.3) is 5.65 Å². The number of benzene rings is 1. The number of aromatic hydroxyl groups is 1. The Morgan fingerprint density at radius 3 is 2.92 bits per heavy atom. The number of amides is 1. The number of ether oxygens (including phenoxy) is 2. The molecule has 8 nitrogen and oxygen atoms in total. The SMILES string of the molecule is Cc1ccn2c(=O)c(C(=O)NCc3ccc4c(c3)OCO4)c(O)nc2c1. The topological polar surface area (TPSA) is 102 Å². The standard InChI is InChI=1S/C18H15N3O5/c1-10-4-5-21-14(6-10)20-17(23)15(18(21)24)16(22)19-8-11-2-3-12-13(7-11)26-9-25-12/h2-7,23H,8-9H2,1H3,(H,19,22). The van der Waals surface area contributed by atoms with E-state index in [-0.39, 0.29) is 19.0 Å². The van der Waals surface area contributed by atoms with Gasteiger partial charge >= 0.3 is 0 Å². The number of carbonyl (C=O) groups excluding carboxylic acids is 1. The normalized spacial score (nSPS) is 12.3. The Hall–Kier alpha value is -3.55. The molecule has 1 amide bonds. The second kappa shape index (κ2) is 6.07. The second-order valence-corrected chi connectivity index (χ2v) is 5.92. The Morgan fingerprint density at radius 2 is 2.08 bits per heavy atom. The molecule has 132 valence electrons. The Balaban J connectivity index is 1.60. The van der Waals surface area contributed by atoms with E-state index >= 15 is 0 Å². The largest absolute Gasteiger partial charge is 0.493 e. The summed E-state index contributed by atoms with van der Waals surface area (Å²) in [4.78, 5) is 28.9. The van der Waals surface area contributed by atoms with E-state index in [1.807, 2.05) is 6.92 Å². The van der Waals surface area contributed by atoms with Crippen LogP contribution < -0.4 is 20.3 Å². The van der Waals surface area contributed by atoms with Gasteiger partial charge in [0.15, 0.2) is 17.1 Å². The number of nitrogens with one attached hydrogen (secondary N) is 1. The number of aromatic nitrogens is 2. The highest BCUT2D eigenvalue weighted by Gasteiger charge is 2.20. The zero-order valence-electron chi connectivity index (χ0n) is 13.9. The average molecular weight is 353 g/mol. The van der Waals surface area contributed by atoms with E-state index in [0.717, 1.165) is 11.1 Å². The number of rotatable bonds is 3. The fourth-order valence-electron chi connectivity index (χ4n) is 2.75. The van der Waals surface area contributed by atoms with E-state index in [0.29, 0.717) is 11.5 Å². The van der Waals surface area contributed by atoms with Gasteiger partial charge in [-0.1, -0.05) is 6.07 Å². The van der Waals surface area contributed by atoms with Gasteiger partial charge in [-0.05, 0) is 42.3 Å². The maximum absolute atomic E-state index is 12.5. The molecule has 0 atom stereocenters. The first kappa shape index (κ1) is 15.9. The highest BCUT2D eigenvalue weighted by Crippen LogP contribution is 2.32. The molecule has 2 aromatic heterocycles. The van der Waals surface area contributed by atoms with E-state index in [1.165, 1.54) is 10.6 Å². The van der Waals surface area contributed by atoms with Gasteiger partial charge in [0.25, 0.3) is 11.5 Å². The minimum atomic E-state index is -0.701. The van der Waals surface area contributed by atoms with E-state index in [4.69, 9.17) is 9.47 Å². The van der Waals surface area contributed by atoms with Crippen LogP contribution in [0.5, 0.6) is 17.4 Å². The second-order valence-electron chi connectivity index (χ2n) is 5.92. The van der Waals surface area contributed by atoms with Crippen LogP contribution in [-0.2, 0) is 6.54 Å². The lowest BCUT2D eigenvalue weighted by Gasteiger charge is -2.09. The molecule has 4 rings (SSSR count). The number of carbonyl (C=O) groups is 1. The maximum Gasteiger partial charge on any atom is 0.274 e. The lowest BCUT2D eigenvalue weighted by atomic mass is 10.2. The molecule has 0 fully saturated rings. The predicted molar refractivity (Wildman–Crippen MR) is 91.6 cm³/mol. The molecule has 0 radical (unpaired) electrons. The summed E-state index contributed by atoms with van der Waals surface area (Å²) in [6.45, 7) is 2.16. The molecule has 2 N–H and O–H groups in total. The minimum Gasteiger partial charge on any atom is -0.493 e. The van der Waals surface area contributed by atoms with Crippen molar-refractivity contribution in [3.8, 4) is 17.4 Å². The molecule has 3 aromatic rings. The average Bonchev–Trinajstić information content (AvgIpc) is 3.07. The van der Waals surface area contributed by atoms with Gasteiger partial charge in [-0.15, -0.1) is 0 Å². The van der Waals surface area contributed by atoms with Crippen molar-refractivity contribution in [1.29, 1.82) is 0 Å². The number of fused-ring (bicyclic) bond motifs is 2. The molecule has 1 aromatic carbocycles. The number of aryl methyl sites for hydroxylation is 1. The van der Waals surface area contributed by atoms with Crippen LogP contribution in [0.3, 0.4) is 0 Å². The maximum atomic E-state index is 12.5. The molecule has 0 aliphatic carbocycles. The zero-order chi connectivity index (χ0) is 18.3. The van der Waals surface area contributed by atoms with Crippen LogP contribution in [0.1, 0.15) is 21.5 Å². The van der Waals surface area contributed by atoms with Crippen LogP contribution in [0.15, 0.2) is 41.3 Å². The smallest absolute Gasteiger partial charge is 0.274 e. The summed E-state index contributed by atoms with van der Waals surface area (Å²) >= 11 is 0. The Bertz CT molecular complexity index is 1090. The first-order chi connectivity index (χ1) is 12.5. The summed E-state index contributed by atoms with van der Waals surface area (Å²) in [7, 11) is 0. The van der Waals surface area contributed by atoms with Gasteiger partial charge in [0.1, 0.15) is 5.65 Å². The van der Waals surface area contributed by atoms with Gasteiger partial charge in [-0.3, -0.25) is 14.0 Å². The number of hydrogen-bond acceptors (Lipinski definition) is 6. The molecule has 0 saturated carbocycles. The highest BCUT2D eigenvalue weighted by molar-refractivity contribution is 5.96. The quantitative estimate of drug-likeness (QED) is 0.737. The zero-order valence-corrected chi connectivity index (χ0v) is 13.9. The van der Waals surface area contributed by atoms with E-state index in [2.05, 4.69) is 10.3 Å². The number of pyridine rings is 1. The first-order valence-electron chi connectivity index (χ1n) is 7.91. The molecule has 8 heteroatoms. The molecule has 0 bridgehead atoms. The van der Waals surface area contributed by atoms with Crippen molar-refractivity contribution < 1.29 is 19.4 Å². The summed E-state index contributed by atoms with van der Waals surface area (Å²) in [6.07, 6.45) is 1.52. The predicted octanol–water partition coefficient (Wildman–Crippen LogP) is 1.37. The van der Waals surface area contributed by atoms with Crippen LogP contribution in [0.2, 0.25) is 0 Å². The van der Waals surface area contributed by atoms with Crippen molar-refractivity contribution in [3.05, 3.63) is 63.6 Å². The van der Waals surface area contributed by atoms with Gasteiger partial charge in [-0.25, -0.2) is 0 Å². The van der Waals surface area contributed by atoms with E-state index in [1.54, 1.807) is 30.3 Å². The number of nitrogens with zero attached hydrogens (tertiary/aromatic N) is 2. The van der Waals surface area contributed by atoms with Crippen molar-refractivity contribution in [1.82, 2.24) is 14.7 Å². The molecule has 0 saturated heterocycles. The van der Waals surface area contributed by atoms with Gasteiger partial charge in [0.05, 0.1) is 0 Å². The van der Waals surface area contributed by atoms with Crippen molar-refractivity contribution in [2.45, 2.75) is 13.5 Å². The third kappa shape index (κ3) is 2.71. The Kier molecular flexibility index (Phi) is 3.72. The first-order valence-corrected chi connectivity index (χ1v) is 7.91. The summed E-state index contributed by atoms with van der Waals surface area (Å²) < 4.78 is 11.7. The molecular formula is C18H15N3O5. The molecule has 1 aliphatic heterocycles. The molecule has 1 aliphatic rings. The lowest BCUT2D eigenvalue weighted by Crippen LogP contribution is -2.31. The van der Waals surface area contributed by atoms with Crippen molar-refractivity contribution >= 4 is 11.6 Å². The third-order valence-corrected chi connectivity index (χ3v) is 4.08. The molecule has 26 heavy (non-hydrogen) atoms. The number of hydrogen-bond donors (Lipinski definition) is 2. The fourth-order valence-corrected chi connectivity index (χ4v) is 2.75. The van der Waals surface area contributed by atoms with Gasteiger partial charge in [0.2, 0.25) is 12.7 Å². The Morgan fingerprint density at radius 1 is 1.27 bits per heavy atom. The fraction of sp³-hybridized carbons (Fsp3) is 0.167. The summed E-state index contributed by atoms with van der Waals surface area (Å²) in [5, 5.41) is 12.7. The van der Waals surface area contributed by atoms with Crippen molar-refractivity contribution in [2.75, 3.05) is 6.79 Å². The van der Waals surface area contributed by atoms with Gasteiger partial charge < -0.3 is 19.9 Å². The third-order valence-electron chi connectivity index (χ3n) is 4.08. The van der Waals surface area contributed by atoms with Crippen molar-refractivity contribution in [3.63, 3.8) is 0 Å². The summed E-state index contributed by atoms with van der Waals surface area (Å²) in [6, 6.07) is 8.64. The molecule has 3 heterocycles. The highest BCUT2D eigenvalue weighted by atomic mass is 16.7. The summed E-state index contributed by atoms with van der Waals surface area (Å²) in [5.41, 5.74) is 0.908. The lowest BCUT2D eigenvalue weighted by molar-refractivity contribution is 0.0945. The monoisotopic (exact) mass is 353 g/mol. The molecule has 0 spiro atoms.